The number of hydrogen-bond donors (Lipinski definition) is 2. The number of alkyl halides is 3. The van der Waals surface area contributed by atoms with Crippen LogP contribution in [-0.2, 0) is 0 Å². The second-order valence-electron chi connectivity index (χ2n) is 7.17. The lowest BCUT2D eigenvalue weighted by Gasteiger charge is -2.32. The fraction of sp³-hybridized carbons (Fsp3) is 0.500. The fourth-order valence-corrected chi connectivity index (χ4v) is 3.87. The van der Waals surface area contributed by atoms with Crippen LogP contribution < -0.4 is 10.6 Å². The summed E-state index contributed by atoms with van der Waals surface area (Å²) in [7, 11) is 0. The Bertz CT molecular complexity index is 811. The summed E-state index contributed by atoms with van der Waals surface area (Å²) in [4.78, 5) is 13.2. The van der Waals surface area contributed by atoms with Crippen molar-refractivity contribution < 1.29 is 18.0 Å². The molecule has 0 saturated heterocycles. The SMILES string of the molecule is CC(C)(C)NC(=O)c1nn2c(c1Cl)N[C@H](c1cccs1)C[C@H]2C(F)(F)F. The molecular formula is C16H18ClF3N4OS. The third kappa shape index (κ3) is 3.68. The molecule has 0 saturated carbocycles. The van der Waals surface area contributed by atoms with Gasteiger partial charge in [-0.25, -0.2) is 4.68 Å². The Balaban J connectivity index is 2.03. The van der Waals surface area contributed by atoms with Gasteiger partial charge in [-0.1, -0.05) is 17.7 Å². The largest absolute Gasteiger partial charge is 0.410 e. The Hall–Kier alpha value is -1.74. The number of nitrogens with one attached hydrogen (secondary N) is 2. The van der Waals surface area contributed by atoms with Crippen molar-refractivity contribution in [1.82, 2.24) is 15.1 Å². The molecule has 0 radical (unpaired) electrons. The summed E-state index contributed by atoms with van der Waals surface area (Å²) in [6.45, 7) is 5.29. The van der Waals surface area contributed by atoms with E-state index < -0.39 is 29.7 Å². The minimum atomic E-state index is -4.51. The first kappa shape index (κ1) is 19.0. The van der Waals surface area contributed by atoms with E-state index in [9.17, 15) is 18.0 Å². The first-order valence-electron chi connectivity index (χ1n) is 7.94. The minimum Gasteiger partial charge on any atom is -0.361 e. The van der Waals surface area contributed by atoms with E-state index in [-0.39, 0.29) is 23.0 Å². The highest BCUT2D eigenvalue weighted by atomic mass is 35.5. The molecule has 2 aromatic rings. The van der Waals surface area contributed by atoms with Crippen LogP contribution in [0.1, 0.15) is 54.6 Å². The number of hydrogen-bond acceptors (Lipinski definition) is 4. The Morgan fingerprint density at radius 1 is 1.42 bits per heavy atom. The van der Waals surface area contributed by atoms with Gasteiger partial charge in [-0.15, -0.1) is 11.3 Å². The molecule has 5 nitrogen and oxygen atoms in total. The van der Waals surface area contributed by atoms with Crippen LogP contribution in [0.3, 0.4) is 0 Å². The van der Waals surface area contributed by atoms with Gasteiger partial charge in [-0.05, 0) is 32.2 Å². The lowest BCUT2D eigenvalue weighted by molar-refractivity contribution is -0.173. The molecule has 0 bridgehead atoms. The zero-order chi connectivity index (χ0) is 19.3. The summed E-state index contributed by atoms with van der Waals surface area (Å²) >= 11 is 7.60. The number of aromatic nitrogens is 2. The van der Waals surface area contributed by atoms with Crippen molar-refractivity contribution in [3.63, 3.8) is 0 Å². The zero-order valence-corrected chi connectivity index (χ0v) is 15.9. The molecule has 1 aliphatic heterocycles. The van der Waals surface area contributed by atoms with Crippen molar-refractivity contribution in [2.45, 2.75) is 51.0 Å². The maximum Gasteiger partial charge on any atom is 0.410 e. The minimum absolute atomic E-state index is 0.0118. The molecule has 2 atom stereocenters. The molecule has 1 aliphatic rings. The van der Waals surface area contributed by atoms with E-state index in [2.05, 4.69) is 15.7 Å². The number of nitrogens with zero attached hydrogens (tertiary/aromatic N) is 2. The van der Waals surface area contributed by atoms with Crippen molar-refractivity contribution in [3.05, 3.63) is 33.1 Å². The Morgan fingerprint density at radius 3 is 2.65 bits per heavy atom. The summed E-state index contributed by atoms with van der Waals surface area (Å²) in [6, 6.07) is 1.13. The van der Waals surface area contributed by atoms with Crippen molar-refractivity contribution >= 4 is 34.7 Å². The summed E-state index contributed by atoms with van der Waals surface area (Å²) in [5.74, 6) is -0.600. The Morgan fingerprint density at radius 2 is 2.12 bits per heavy atom. The molecule has 3 heterocycles. The van der Waals surface area contributed by atoms with Crippen molar-refractivity contribution in [2.24, 2.45) is 0 Å². The van der Waals surface area contributed by atoms with Gasteiger partial charge in [0.25, 0.3) is 5.91 Å². The van der Waals surface area contributed by atoms with Gasteiger partial charge < -0.3 is 10.6 Å². The standard InChI is InChI=1S/C16H18ClF3N4OS/c1-15(2,3)22-14(25)12-11(17)13-21-8(9-5-4-6-26-9)7-10(16(18,19)20)24(13)23-12/h4-6,8,10,21H,7H2,1-3H3,(H,22,25)/t8-,10-/m0/s1. The zero-order valence-electron chi connectivity index (χ0n) is 14.3. The van der Waals surface area contributed by atoms with E-state index in [1.165, 1.54) is 11.3 Å². The quantitative estimate of drug-likeness (QED) is 0.754. The number of anilines is 1. The lowest BCUT2D eigenvalue weighted by atomic mass is 10.0. The molecule has 0 aliphatic carbocycles. The van der Waals surface area contributed by atoms with Gasteiger partial charge in [0.05, 0.1) is 6.04 Å². The van der Waals surface area contributed by atoms with E-state index in [1.54, 1.807) is 38.3 Å². The second-order valence-corrected chi connectivity index (χ2v) is 8.52. The first-order valence-corrected chi connectivity index (χ1v) is 9.20. The van der Waals surface area contributed by atoms with Gasteiger partial charge in [0, 0.05) is 16.8 Å². The molecule has 2 aromatic heterocycles. The highest BCUT2D eigenvalue weighted by Gasteiger charge is 2.48. The topological polar surface area (TPSA) is 59.0 Å². The summed E-state index contributed by atoms with van der Waals surface area (Å²) < 4.78 is 41.6. The number of thiophene rings is 1. The van der Waals surface area contributed by atoms with Crippen LogP contribution in [0.25, 0.3) is 0 Å². The normalized spacial score (nSPS) is 20.4. The van der Waals surface area contributed by atoms with Crippen LogP contribution in [-0.4, -0.2) is 27.4 Å². The van der Waals surface area contributed by atoms with Crippen molar-refractivity contribution in [3.8, 4) is 0 Å². The van der Waals surface area contributed by atoms with Gasteiger partial charge in [0.1, 0.15) is 10.8 Å². The molecule has 1 amide bonds. The number of rotatable bonds is 2. The fourth-order valence-electron chi connectivity index (χ4n) is 2.81. The first-order chi connectivity index (χ1) is 12.0. The van der Waals surface area contributed by atoms with Gasteiger partial charge >= 0.3 is 6.18 Å². The summed E-state index contributed by atoms with van der Waals surface area (Å²) in [6.07, 6.45) is -4.74. The molecule has 10 heteroatoms. The summed E-state index contributed by atoms with van der Waals surface area (Å²) in [5.41, 5.74) is -0.786. The molecule has 142 valence electrons. The third-order valence-corrected chi connectivity index (χ3v) is 5.23. The molecule has 26 heavy (non-hydrogen) atoms. The van der Waals surface area contributed by atoms with E-state index in [0.717, 1.165) is 9.56 Å². The molecule has 0 fully saturated rings. The van der Waals surface area contributed by atoms with Gasteiger partial charge in [0.2, 0.25) is 0 Å². The number of halogens is 4. The number of carbonyl (C=O) groups is 1. The van der Waals surface area contributed by atoms with Crippen LogP contribution >= 0.6 is 22.9 Å². The molecule has 2 N–H and O–H groups in total. The second kappa shape index (κ2) is 6.45. The van der Waals surface area contributed by atoms with Gasteiger partial charge in [-0.3, -0.25) is 4.79 Å². The number of carbonyl (C=O) groups excluding carboxylic acids is 1. The molecule has 0 spiro atoms. The monoisotopic (exact) mass is 406 g/mol. The third-order valence-electron chi connectivity index (χ3n) is 3.89. The maximum atomic E-state index is 13.6. The average Bonchev–Trinajstić information content (AvgIpc) is 3.12. The van der Waals surface area contributed by atoms with E-state index in [1.807, 2.05) is 0 Å². The molecule has 0 unspecified atom stereocenters. The van der Waals surface area contributed by atoms with Crippen LogP contribution in [0.4, 0.5) is 19.0 Å². The van der Waals surface area contributed by atoms with Crippen molar-refractivity contribution in [1.29, 1.82) is 0 Å². The number of amides is 1. The maximum absolute atomic E-state index is 13.6. The predicted octanol–water partition coefficient (Wildman–Crippen LogP) is 4.79. The Labute approximate surface area is 157 Å². The van der Waals surface area contributed by atoms with Crippen LogP contribution in [0.15, 0.2) is 17.5 Å². The number of fused-ring (bicyclic) bond motifs is 1. The molecule has 0 aromatic carbocycles. The highest BCUT2D eigenvalue weighted by Crippen LogP contribution is 2.46. The lowest BCUT2D eigenvalue weighted by Crippen LogP contribution is -2.41. The van der Waals surface area contributed by atoms with Crippen LogP contribution in [0.2, 0.25) is 5.02 Å². The van der Waals surface area contributed by atoms with Crippen LogP contribution in [0, 0.1) is 0 Å². The van der Waals surface area contributed by atoms with E-state index >= 15 is 0 Å². The predicted molar refractivity (Wildman–Crippen MR) is 94.8 cm³/mol. The highest BCUT2D eigenvalue weighted by molar-refractivity contribution is 7.10. The average molecular weight is 407 g/mol. The van der Waals surface area contributed by atoms with E-state index in [4.69, 9.17) is 11.6 Å². The van der Waals surface area contributed by atoms with Gasteiger partial charge in [-0.2, -0.15) is 18.3 Å². The molecule has 3 rings (SSSR count). The van der Waals surface area contributed by atoms with E-state index in [0.29, 0.717) is 0 Å². The molecular weight excluding hydrogens is 389 g/mol. The Kier molecular flexibility index (Phi) is 4.72. The van der Waals surface area contributed by atoms with Crippen LogP contribution in [0.5, 0.6) is 0 Å². The van der Waals surface area contributed by atoms with Crippen molar-refractivity contribution in [2.75, 3.05) is 5.32 Å². The summed E-state index contributed by atoms with van der Waals surface area (Å²) in [5, 5.41) is 11.3. The smallest absolute Gasteiger partial charge is 0.361 e. The van der Waals surface area contributed by atoms with Gasteiger partial charge in [0.15, 0.2) is 11.7 Å².